The van der Waals surface area contributed by atoms with Gasteiger partial charge < -0.3 is 15.2 Å². The minimum atomic E-state index is -0.206. The number of hydrogen-bond acceptors (Lipinski definition) is 4. The molecule has 0 bridgehead atoms. The summed E-state index contributed by atoms with van der Waals surface area (Å²) in [6.07, 6.45) is 0.894. The summed E-state index contributed by atoms with van der Waals surface area (Å²) in [6.45, 7) is 6.42. The van der Waals surface area contributed by atoms with Crippen molar-refractivity contribution in [2.75, 3.05) is 32.8 Å². The summed E-state index contributed by atoms with van der Waals surface area (Å²) in [5.74, 6) is 0. The first-order valence-electron chi connectivity index (χ1n) is 5.55. The summed E-state index contributed by atoms with van der Waals surface area (Å²) >= 11 is 0. The quantitative estimate of drug-likeness (QED) is 0.700. The second-order valence-electron chi connectivity index (χ2n) is 4.17. The Balaban J connectivity index is 0.00000112. The van der Waals surface area contributed by atoms with E-state index in [1.54, 1.807) is 0 Å². The number of nitrogens with zero attached hydrogens (tertiary/aromatic N) is 1. The highest BCUT2D eigenvalue weighted by Gasteiger charge is 2.35. The highest BCUT2D eigenvalue weighted by molar-refractivity contribution is 5.85. The van der Waals surface area contributed by atoms with E-state index in [0.29, 0.717) is 12.1 Å². The molecule has 4 nitrogen and oxygen atoms in total. The minimum absolute atomic E-state index is 0. The summed E-state index contributed by atoms with van der Waals surface area (Å²) in [5.41, 5.74) is 0. The second kappa shape index (κ2) is 6.01. The van der Waals surface area contributed by atoms with Crippen molar-refractivity contribution >= 4 is 12.4 Å². The molecule has 2 fully saturated rings. The van der Waals surface area contributed by atoms with Crippen molar-refractivity contribution < 1.29 is 9.84 Å². The lowest BCUT2D eigenvalue weighted by molar-refractivity contribution is -0.0473. The molecule has 0 aromatic rings. The Morgan fingerprint density at radius 3 is 2.87 bits per heavy atom. The number of aliphatic hydroxyl groups excluding tert-OH is 1. The predicted octanol–water partition coefficient (Wildman–Crippen LogP) is -0.148. The lowest BCUT2D eigenvalue weighted by atomic mass is 10.1. The predicted molar refractivity (Wildman–Crippen MR) is 61.5 cm³/mol. The molecular formula is C10H21ClN2O2. The van der Waals surface area contributed by atoms with Crippen molar-refractivity contribution in [2.45, 2.75) is 31.5 Å². The average Bonchev–Trinajstić information content (AvgIpc) is 2.64. The lowest BCUT2D eigenvalue weighted by Crippen LogP contribution is -2.54. The van der Waals surface area contributed by atoms with Crippen LogP contribution in [-0.4, -0.2) is 61.0 Å². The number of nitrogens with one attached hydrogen (secondary N) is 1. The molecule has 0 amide bonds. The molecule has 90 valence electrons. The largest absolute Gasteiger partial charge is 0.390 e. The molecule has 2 heterocycles. The topological polar surface area (TPSA) is 44.7 Å². The van der Waals surface area contributed by atoms with Crippen LogP contribution >= 0.6 is 12.4 Å². The van der Waals surface area contributed by atoms with E-state index in [9.17, 15) is 5.11 Å². The molecule has 0 radical (unpaired) electrons. The fourth-order valence-electron chi connectivity index (χ4n) is 2.45. The van der Waals surface area contributed by atoms with Gasteiger partial charge in [0.2, 0.25) is 0 Å². The summed E-state index contributed by atoms with van der Waals surface area (Å²) in [6, 6.07) is 0.784. The fourth-order valence-corrected chi connectivity index (χ4v) is 2.45. The normalized spacial score (nSPS) is 37.6. The summed E-state index contributed by atoms with van der Waals surface area (Å²) in [4.78, 5) is 2.41. The Kier molecular flexibility index (Phi) is 5.29. The summed E-state index contributed by atoms with van der Waals surface area (Å²) in [5, 5.41) is 13.0. The van der Waals surface area contributed by atoms with E-state index < -0.39 is 0 Å². The Morgan fingerprint density at radius 2 is 2.27 bits per heavy atom. The zero-order valence-corrected chi connectivity index (χ0v) is 10.0. The van der Waals surface area contributed by atoms with E-state index in [0.717, 1.165) is 39.3 Å². The zero-order valence-electron chi connectivity index (χ0n) is 9.19. The van der Waals surface area contributed by atoms with Crippen LogP contribution < -0.4 is 5.32 Å². The van der Waals surface area contributed by atoms with Crippen LogP contribution in [0.5, 0.6) is 0 Å². The van der Waals surface area contributed by atoms with Crippen LogP contribution in [0.3, 0.4) is 0 Å². The van der Waals surface area contributed by atoms with Crippen LogP contribution in [0.4, 0.5) is 0 Å². The highest BCUT2D eigenvalue weighted by Crippen LogP contribution is 2.18. The first-order chi connectivity index (χ1) is 6.83. The average molecular weight is 237 g/mol. The third-order valence-corrected chi connectivity index (χ3v) is 3.32. The molecular weight excluding hydrogens is 216 g/mol. The van der Waals surface area contributed by atoms with Gasteiger partial charge in [0.05, 0.1) is 19.3 Å². The first-order valence-corrected chi connectivity index (χ1v) is 5.55. The van der Waals surface area contributed by atoms with Crippen molar-refractivity contribution in [3.05, 3.63) is 0 Å². The van der Waals surface area contributed by atoms with Crippen LogP contribution in [0.15, 0.2) is 0 Å². The van der Waals surface area contributed by atoms with Gasteiger partial charge in [-0.05, 0) is 6.42 Å². The summed E-state index contributed by atoms with van der Waals surface area (Å²) in [7, 11) is 0. The van der Waals surface area contributed by atoms with Gasteiger partial charge in [0.1, 0.15) is 0 Å². The molecule has 2 rings (SSSR count). The van der Waals surface area contributed by atoms with Gasteiger partial charge >= 0.3 is 0 Å². The maximum absolute atomic E-state index is 9.81. The molecule has 2 aliphatic heterocycles. The first kappa shape index (κ1) is 13.2. The Bertz CT molecular complexity index is 194. The number of aliphatic hydroxyl groups is 1. The van der Waals surface area contributed by atoms with Crippen LogP contribution in [0.25, 0.3) is 0 Å². The summed E-state index contributed by atoms with van der Waals surface area (Å²) < 4.78 is 5.45. The van der Waals surface area contributed by atoms with E-state index in [1.807, 2.05) is 0 Å². The maximum atomic E-state index is 9.81. The molecule has 2 N–H and O–H groups in total. The molecule has 1 unspecified atom stereocenters. The molecule has 2 aliphatic rings. The van der Waals surface area contributed by atoms with Gasteiger partial charge in [-0.25, -0.2) is 0 Å². The molecule has 0 aliphatic carbocycles. The molecule has 2 saturated heterocycles. The molecule has 0 saturated carbocycles. The van der Waals surface area contributed by atoms with Crippen LogP contribution in [0.2, 0.25) is 0 Å². The number of β-amino-alcohol motifs (C(OH)–C–C–N with tert-alkyl or cyclic N) is 1. The molecule has 3 atom stereocenters. The van der Waals surface area contributed by atoms with E-state index in [2.05, 4.69) is 17.1 Å². The van der Waals surface area contributed by atoms with Crippen LogP contribution in [-0.2, 0) is 4.74 Å². The number of halogens is 1. The Morgan fingerprint density at radius 1 is 1.47 bits per heavy atom. The lowest BCUT2D eigenvalue weighted by Gasteiger charge is -2.40. The number of morpholine rings is 1. The molecule has 0 aromatic heterocycles. The van der Waals surface area contributed by atoms with E-state index in [4.69, 9.17) is 4.74 Å². The Labute approximate surface area is 97.4 Å². The Hall–Kier alpha value is 0.130. The van der Waals surface area contributed by atoms with Crippen LogP contribution in [0.1, 0.15) is 13.3 Å². The monoisotopic (exact) mass is 236 g/mol. The van der Waals surface area contributed by atoms with Gasteiger partial charge in [0.15, 0.2) is 0 Å². The molecule has 0 spiro atoms. The standard InChI is InChI=1S/C10H20N2O2.ClH/c1-2-8-7-14-4-3-12(8)9-5-11-6-10(9)13;/h8-11,13H,2-7H2,1H3;1H/t8?,9-,10-;/m1./s1. The molecule has 5 heteroatoms. The molecule has 0 aromatic carbocycles. The van der Waals surface area contributed by atoms with E-state index in [1.165, 1.54) is 0 Å². The van der Waals surface area contributed by atoms with Gasteiger partial charge in [0, 0.05) is 31.7 Å². The van der Waals surface area contributed by atoms with Crippen LogP contribution in [0, 0.1) is 0 Å². The van der Waals surface area contributed by atoms with E-state index in [-0.39, 0.29) is 18.5 Å². The second-order valence-corrected chi connectivity index (χ2v) is 4.17. The highest BCUT2D eigenvalue weighted by atomic mass is 35.5. The smallest absolute Gasteiger partial charge is 0.0831 e. The van der Waals surface area contributed by atoms with Crippen molar-refractivity contribution in [1.29, 1.82) is 0 Å². The van der Waals surface area contributed by atoms with Crippen molar-refractivity contribution in [3.8, 4) is 0 Å². The maximum Gasteiger partial charge on any atom is 0.0831 e. The number of rotatable bonds is 2. The van der Waals surface area contributed by atoms with Gasteiger partial charge in [-0.15, -0.1) is 12.4 Å². The van der Waals surface area contributed by atoms with E-state index >= 15 is 0 Å². The number of hydrogen-bond donors (Lipinski definition) is 2. The number of ether oxygens (including phenoxy) is 1. The third-order valence-electron chi connectivity index (χ3n) is 3.32. The van der Waals surface area contributed by atoms with Gasteiger partial charge in [-0.2, -0.15) is 0 Å². The zero-order chi connectivity index (χ0) is 9.97. The third kappa shape index (κ3) is 2.82. The fraction of sp³-hybridized carbons (Fsp3) is 1.00. The minimum Gasteiger partial charge on any atom is -0.390 e. The van der Waals surface area contributed by atoms with Crippen molar-refractivity contribution in [3.63, 3.8) is 0 Å². The molecule has 15 heavy (non-hydrogen) atoms. The van der Waals surface area contributed by atoms with Crippen molar-refractivity contribution in [2.24, 2.45) is 0 Å². The van der Waals surface area contributed by atoms with Gasteiger partial charge in [-0.1, -0.05) is 6.92 Å². The van der Waals surface area contributed by atoms with Gasteiger partial charge in [0.25, 0.3) is 0 Å². The SMILES string of the molecule is CCC1COCCN1[C@@H]1CNC[C@H]1O.Cl. The van der Waals surface area contributed by atoms with Crippen molar-refractivity contribution in [1.82, 2.24) is 10.2 Å². The van der Waals surface area contributed by atoms with Gasteiger partial charge in [-0.3, -0.25) is 4.90 Å².